The maximum atomic E-state index is 12.7. The van der Waals surface area contributed by atoms with Gasteiger partial charge in [-0.2, -0.15) is 4.31 Å². The van der Waals surface area contributed by atoms with Gasteiger partial charge in [0.15, 0.2) is 0 Å². The second-order valence-electron chi connectivity index (χ2n) is 6.29. The van der Waals surface area contributed by atoms with Gasteiger partial charge in [-0.15, -0.1) is 0 Å². The van der Waals surface area contributed by atoms with E-state index in [1.807, 2.05) is 0 Å². The van der Waals surface area contributed by atoms with Crippen molar-refractivity contribution >= 4 is 16.0 Å². The van der Waals surface area contributed by atoms with E-state index in [4.69, 9.17) is 9.47 Å². The number of benzene rings is 1. The molecule has 0 aromatic heterocycles. The summed E-state index contributed by atoms with van der Waals surface area (Å²) in [6.07, 6.45) is 6.51. The predicted molar refractivity (Wildman–Crippen MR) is 92.3 cm³/mol. The smallest absolute Gasteiger partial charge is 0.306 e. The van der Waals surface area contributed by atoms with Crippen molar-refractivity contribution in [3.63, 3.8) is 0 Å². The van der Waals surface area contributed by atoms with Crippen LogP contribution in [0.25, 0.3) is 0 Å². The minimum absolute atomic E-state index is 0.0851. The normalized spacial score (nSPS) is 21.4. The molecule has 7 heteroatoms. The summed E-state index contributed by atoms with van der Waals surface area (Å²) in [5, 5.41) is 0. The summed E-state index contributed by atoms with van der Waals surface area (Å²) in [7, 11) is -3.54. The molecule has 3 rings (SSSR count). The van der Waals surface area contributed by atoms with Crippen LogP contribution in [-0.4, -0.2) is 45.0 Å². The lowest BCUT2D eigenvalue weighted by Gasteiger charge is -2.26. The lowest BCUT2D eigenvalue weighted by Crippen LogP contribution is -2.40. The highest BCUT2D eigenvalue weighted by atomic mass is 32.2. The number of morpholine rings is 1. The minimum Gasteiger partial charge on any atom is -0.461 e. The van der Waals surface area contributed by atoms with Crippen LogP contribution in [0.5, 0.6) is 0 Å². The molecule has 0 N–H and O–H groups in total. The summed E-state index contributed by atoms with van der Waals surface area (Å²) >= 11 is 0. The maximum Gasteiger partial charge on any atom is 0.306 e. The molecule has 0 unspecified atom stereocenters. The zero-order valence-corrected chi connectivity index (χ0v) is 14.9. The van der Waals surface area contributed by atoms with Crippen LogP contribution in [-0.2, 0) is 30.9 Å². The highest BCUT2D eigenvalue weighted by Gasteiger charge is 2.26. The number of nitrogens with zero attached hydrogens (tertiary/aromatic N) is 1. The summed E-state index contributed by atoms with van der Waals surface area (Å²) < 4.78 is 37.3. The average molecular weight is 365 g/mol. The van der Waals surface area contributed by atoms with Crippen molar-refractivity contribution in [1.82, 2.24) is 4.31 Å². The van der Waals surface area contributed by atoms with E-state index in [1.54, 1.807) is 24.3 Å². The quantitative estimate of drug-likeness (QED) is 0.570. The van der Waals surface area contributed by atoms with Crippen LogP contribution in [0.3, 0.4) is 0 Å². The first-order valence-corrected chi connectivity index (χ1v) is 9.99. The van der Waals surface area contributed by atoms with Gasteiger partial charge in [0.2, 0.25) is 10.0 Å². The van der Waals surface area contributed by atoms with Crippen molar-refractivity contribution in [3.8, 4) is 0 Å². The van der Waals surface area contributed by atoms with Gasteiger partial charge in [0, 0.05) is 13.1 Å². The van der Waals surface area contributed by atoms with E-state index in [-0.39, 0.29) is 23.4 Å². The third-order valence-corrected chi connectivity index (χ3v) is 6.34. The number of hydrogen-bond acceptors (Lipinski definition) is 5. The SMILES string of the molecule is O=C(C[C@@H]1C=CCC1)OCc1cccc(S(=O)(=O)N2CCOCC2)c1. The Morgan fingerprint density at radius 1 is 1.28 bits per heavy atom. The van der Waals surface area contributed by atoms with Crippen molar-refractivity contribution in [2.75, 3.05) is 26.3 Å². The minimum atomic E-state index is -3.54. The van der Waals surface area contributed by atoms with Crippen LogP contribution < -0.4 is 0 Å². The topological polar surface area (TPSA) is 72.9 Å². The zero-order chi connectivity index (χ0) is 17.7. The van der Waals surface area contributed by atoms with Crippen molar-refractivity contribution in [1.29, 1.82) is 0 Å². The van der Waals surface area contributed by atoms with E-state index in [1.165, 1.54) is 4.31 Å². The molecule has 1 heterocycles. The van der Waals surface area contributed by atoms with Crippen LogP contribution in [0.2, 0.25) is 0 Å². The van der Waals surface area contributed by atoms with E-state index in [0.717, 1.165) is 12.8 Å². The van der Waals surface area contributed by atoms with Gasteiger partial charge in [-0.25, -0.2) is 8.42 Å². The van der Waals surface area contributed by atoms with Crippen LogP contribution >= 0.6 is 0 Å². The largest absolute Gasteiger partial charge is 0.461 e. The Balaban J connectivity index is 1.60. The molecule has 1 fully saturated rings. The number of sulfonamides is 1. The fraction of sp³-hybridized carbons (Fsp3) is 0.500. The fourth-order valence-electron chi connectivity index (χ4n) is 3.03. The summed E-state index contributed by atoms with van der Waals surface area (Å²) in [6.45, 7) is 1.62. The maximum absolute atomic E-state index is 12.7. The van der Waals surface area contributed by atoms with Gasteiger partial charge in [-0.1, -0.05) is 24.3 Å². The number of rotatable bonds is 6. The molecule has 0 amide bonds. The molecule has 1 aliphatic heterocycles. The van der Waals surface area contributed by atoms with E-state index >= 15 is 0 Å². The average Bonchev–Trinajstić information content (AvgIpc) is 3.14. The van der Waals surface area contributed by atoms with Gasteiger partial charge >= 0.3 is 5.97 Å². The molecule has 0 radical (unpaired) electrons. The molecular formula is C18H23NO5S. The summed E-state index contributed by atoms with van der Waals surface area (Å²) in [5.41, 5.74) is 0.671. The molecular weight excluding hydrogens is 342 g/mol. The van der Waals surface area contributed by atoms with E-state index in [2.05, 4.69) is 12.2 Å². The summed E-state index contributed by atoms with van der Waals surface area (Å²) in [4.78, 5) is 12.1. The summed E-state index contributed by atoms with van der Waals surface area (Å²) in [6, 6.07) is 6.59. The lowest BCUT2D eigenvalue weighted by molar-refractivity contribution is -0.145. The van der Waals surface area contributed by atoms with E-state index in [0.29, 0.717) is 38.3 Å². The Labute approximate surface area is 148 Å². The predicted octanol–water partition coefficient (Wildman–Crippen LogP) is 2.11. The molecule has 2 aliphatic rings. The Bertz CT molecular complexity index is 738. The Kier molecular flexibility index (Phi) is 5.88. The number of carbonyl (C=O) groups is 1. The highest BCUT2D eigenvalue weighted by Crippen LogP contribution is 2.22. The molecule has 1 aromatic carbocycles. The molecule has 1 aliphatic carbocycles. The molecule has 0 spiro atoms. The number of ether oxygens (including phenoxy) is 2. The third kappa shape index (κ3) is 4.68. The van der Waals surface area contributed by atoms with E-state index < -0.39 is 10.0 Å². The van der Waals surface area contributed by atoms with Crippen molar-refractivity contribution < 1.29 is 22.7 Å². The number of hydrogen-bond donors (Lipinski definition) is 0. The number of carbonyl (C=O) groups excluding carboxylic acids is 1. The molecule has 1 saturated heterocycles. The van der Waals surface area contributed by atoms with Crippen LogP contribution in [0.4, 0.5) is 0 Å². The standard InChI is InChI=1S/C18H23NO5S/c20-18(13-15-4-1-2-5-15)24-14-16-6-3-7-17(12-16)25(21,22)19-8-10-23-11-9-19/h1,3-4,6-7,12,15H,2,5,8-11,13-14H2/t15-/m1/s1. The van der Waals surface area contributed by atoms with Crippen LogP contribution in [0.15, 0.2) is 41.3 Å². The van der Waals surface area contributed by atoms with Gasteiger partial charge in [0.25, 0.3) is 0 Å². The molecule has 1 atom stereocenters. The first-order valence-electron chi connectivity index (χ1n) is 8.55. The van der Waals surface area contributed by atoms with Gasteiger partial charge in [-0.05, 0) is 36.5 Å². The van der Waals surface area contributed by atoms with Crippen molar-refractivity contribution in [2.24, 2.45) is 5.92 Å². The van der Waals surface area contributed by atoms with Gasteiger partial charge in [0.1, 0.15) is 6.61 Å². The third-order valence-electron chi connectivity index (χ3n) is 4.45. The van der Waals surface area contributed by atoms with Crippen molar-refractivity contribution in [2.45, 2.75) is 30.8 Å². The second-order valence-corrected chi connectivity index (χ2v) is 8.23. The molecule has 6 nitrogen and oxygen atoms in total. The second kappa shape index (κ2) is 8.12. The van der Waals surface area contributed by atoms with Crippen LogP contribution in [0, 0.1) is 5.92 Å². The monoisotopic (exact) mass is 365 g/mol. The number of esters is 1. The summed E-state index contributed by atoms with van der Waals surface area (Å²) in [5.74, 6) is 0.0125. The van der Waals surface area contributed by atoms with Crippen LogP contribution in [0.1, 0.15) is 24.8 Å². The Morgan fingerprint density at radius 2 is 2.08 bits per heavy atom. The molecule has 1 aromatic rings. The Morgan fingerprint density at radius 3 is 2.80 bits per heavy atom. The fourth-order valence-corrected chi connectivity index (χ4v) is 4.51. The zero-order valence-electron chi connectivity index (χ0n) is 14.1. The van der Waals surface area contributed by atoms with Crippen molar-refractivity contribution in [3.05, 3.63) is 42.0 Å². The lowest BCUT2D eigenvalue weighted by atomic mass is 10.1. The Hall–Kier alpha value is -1.70. The molecule has 25 heavy (non-hydrogen) atoms. The van der Waals surface area contributed by atoms with Gasteiger partial charge in [-0.3, -0.25) is 4.79 Å². The number of allylic oxidation sites excluding steroid dienone is 2. The van der Waals surface area contributed by atoms with Gasteiger partial charge in [0.05, 0.1) is 24.5 Å². The molecule has 0 bridgehead atoms. The van der Waals surface area contributed by atoms with E-state index in [9.17, 15) is 13.2 Å². The highest BCUT2D eigenvalue weighted by molar-refractivity contribution is 7.89. The molecule has 136 valence electrons. The first kappa shape index (κ1) is 18.1. The van der Waals surface area contributed by atoms with Gasteiger partial charge < -0.3 is 9.47 Å². The molecule has 0 saturated carbocycles. The first-order chi connectivity index (χ1) is 12.1.